The molecule has 0 radical (unpaired) electrons. The highest BCUT2D eigenvalue weighted by Gasteiger charge is 2.26. The van der Waals surface area contributed by atoms with Crippen LogP contribution in [0.3, 0.4) is 0 Å². The summed E-state index contributed by atoms with van der Waals surface area (Å²) in [5.74, 6) is -0.297. The molecular formula is C13H14ClN3O3S. The van der Waals surface area contributed by atoms with E-state index in [4.69, 9.17) is 16.9 Å². The molecule has 2 rings (SSSR count). The van der Waals surface area contributed by atoms with E-state index in [1.165, 1.54) is 12.1 Å². The lowest BCUT2D eigenvalue weighted by molar-refractivity contribution is -0.116. The van der Waals surface area contributed by atoms with E-state index in [1.807, 2.05) is 6.07 Å². The van der Waals surface area contributed by atoms with Gasteiger partial charge in [0.05, 0.1) is 33.8 Å². The number of amides is 1. The average molecular weight is 328 g/mol. The molecule has 1 fully saturated rings. The van der Waals surface area contributed by atoms with Gasteiger partial charge in [-0.15, -0.1) is 0 Å². The summed E-state index contributed by atoms with van der Waals surface area (Å²) < 4.78 is 23.0. The fraction of sp³-hybridized carbons (Fsp3) is 0.385. The van der Waals surface area contributed by atoms with Gasteiger partial charge in [0.25, 0.3) is 0 Å². The number of nitrogens with zero attached hydrogens (tertiary/aromatic N) is 1. The Kier molecular flexibility index (Phi) is 4.83. The Morgan fingerprint density at radius 3 is 2.95 bits per heavy atom. The number of nitriles is 1. The standard InChI is InChI=1S/C13H14ClN3O3S/c14-11-2-1-9(7-15)5-12(11)17-13(18)6-10-8-21(19,20)4-3-16-10/h1-2,5,10,16H,3-4,6,8H2,(H,17,18). The van der Waals surface area contributed by atoms with Crippen molar-refractivity contribution in [1.29, 1.82) is 5.26 Å². The van der Waals surface area contributed by atoms with Gasteiger partial charge in [0, 0.05) is 19.0 Å². The second-order valence-corrected chi connectivity index (χ2v) is 7.46. The average Bonchev–Trinajstić information content (AvgIpc) is 2.40. The van der Waals surface area contributed by atoms with Gasteiger partial charge >= 0.3 is 0 Å². The summed E-state index contributed by atoms with van der Waals surface area (Å²) in [5.41, 5.74) is 0.729. The minimum atomic E-state index is -3.08. The predicted octanol–water partition coefficient (Wildman–Crippen LogP) is 0.927. The first kappa shape index (κ1) is 15.8. The number of sulfone groups is 1. The molecule has 1 aliphatic rings. The largest absolute Gasteiger partial charge is 0.325 e. The zero-order valence-corrected chi connectivity index (χ0v) is 12.7. The van der Waals surface area contributed by atoms with Gasteiger partial charge in [-0.1, -0.05) is 11.6 Å². The van der Waals surface area contributed by atoms with E-state index in [1.54, 1.807) is 6.07 Å². The molecule has 1 amide bonds. The number of rotatable bonds is 3. The van der Waals surface area contributed by atoms with Gasteiger partial charge in [0.15, 0.2) is 9.84 Å². The Hall–Kier alpha value is -1.62. The smallest absolute Gasteiger partial charge is 0.226 e. The number of nitrogens with one attached hydrogen (secondary N) is 2. The van der Waals surface area contributed by atoms with Crippen LogP contribution in [-0.4, -0.2) is 38.4 Å². The minimum Gasteiger partial charge on any atom is -0.325 e. The molecule has 0 bridgehead atoms. The van der Waals surface area contributed by atoms with Crippen molar-refractivity contribution in [2.24, 2.45) is 0 Å². The highest BCUT2D eigenvalue weighted by molar-refractivity contribution is 7.91. The van der Waals surface area contributed by atoms with E-state index in [-0.39, 0.29) is 23.8 Å². The Labute approximate surface area is 128 Å². The maximum atomic E-state index is 12.0. The summed E-state index contributed by atoms with van der Waals surface area (Å²) in [5, 5.41) is 14.8. The number of carbonyl (C=O) groups excluding carboxylic acids is 1. The van der Waals surface area contributed by atoms with Crippen LogP contribution in [-0.2, 0) is 14.6 Å². The lowest BCUT2D eigenvalue weighted by Gasteiger charge is -2.23. The Morgan fingerprint density at radius 1 is 1.52 bits per heavy atom. The van der Waals surface area contributed by atoms with E-state index in [2.05, 4.69) is 10.6 Å². The number of carbonyl (C=O) groups is 1. The van der Waals surface area contributed by atoms with E-state index >= 15 is 0 Å². The highest BCUT2D eigenvalue weighted by atomic mass is 35.5. The molecule has 0 spiro atoms. The predicted molar refractivity (Wildman–Crippen MR) is 79.9 cm³/mol. The molecular weight excluding hydrogens is 314 g/mol. The minimum absolute atomic E-state index is 0.0341. The van der Waals surface area contributed by atoms with Crippen molar-refractivity contribution in [2.75, 3.05) is 23.4 Å². The van der Waals surface area contributed by atoms with Gasteiger partial charge in [0.2, 0.25) is 5.91 Å². The Bertz CT molecular complexity index is 697. The highest BCUT2D eigenvalue weighted by Crippen LogP contribution is 2.23. The normalized spacial score (nSPS) is 20.5. The molecule has 1 aromatic rings. The molecule has 0 saturated carbocycles. The zero-order valence-electron chi connectivity index (χ0n) is 11.1. The third-order valence-corrected chi connectivity index (χ3v) is 5.17. The van der Waals surface area contributed by atoms with E-state index in [0.717, 1.165) is 0 Å². The van der Waals surface area contributed by atoms with Gasteiger partial charge in [-0.25, -0.2) is 8.42 Å². The van der Waals surface area contributed by atoms with Crippen LogP contribution in [0.15, 0.2) is 18.2 Å². The molecule has 6 nitrogen and oxygen atoms in total. The van der Waals surface area contributed by atoms with Crippen LogP contribution in [0, 0.1) is 11.3 Å². The first-order valence-corrected chi connectivity index (χ1v) is 8.53. The molecule has 112 valence electrons. The van der Waals surface area contributed by atoms with Crippen molar-refractivity contribution >= 4 is 33.0 Å². The van der Waals surface area contributed by atoms with E-state index in [9.17, 15) is 13.2 Å². The topological polar surface area (TPSA) is 99.1 Å². The number of benzene rings is 1. The number of halogens is 1. The third kappa shape index (κ3) is 4.43. The Morgan fingerprint density at radius 2 is 2.29 bits per heavy atom. The van der Waals surface area contributed by atoms with Crippen molar-refractivity contribution < 1.29 is 13.2 Å². The van der Waals surface area contributed by atoms with Crippen molar-refractivity contribution in [3.63, 3.8) is 0 Å². The fourth-order valence-electron chi connectivity index (χ4n) is 2.11. The second-order valence-electron chi connectivity index (χ2n) is 4.82. The van der Waals surface area contributed by atoms with Crippen molar-refractivity contribution in [3.8, 4) is 6.07 Å². The molecule has 1 aromatic carbocycles. The lowest BCUT2D eigenvalue weighted by Crippen LogP contribution is -2.46. The monoisotopic (exact) mass is 327 g/mol. The number of anilines is 1. The summed E-state index contributed by atoms with van der Waals surface area (Å²) in [6, 6.07) is 6.11. The maximum absolute atomic E-state index is 12.0. The van der Waals surface area contributed by atoms with Crippen molar-refractivity contribution in [2.45, 2.75) is 12.5 Å². The van der Waals surface area contributed by atoms with Crippen LogP contribution in [0.1, 0.15) is 12.0 Å². The third-order valence-electron chi connectivity index (χ3n) is 3.10. The van der Waals surface area contributed by atoms with Crippen molar-refractivity contribution in [3.05, 3.63) is 28.8 Å². The van der Waals surface area contributed by atoms with Crippen LogP contribution >= 0.6 is 11.6 Å². The second kappa shape index (κ2) is 6.43. The molecule has 1 aliphatic heterocycles. The molecule has 8 heteroatoms. The lowest BCUT2D eigenvalue weighted by atomic mass is 10.2. The summed E-state index contributed by atoms with van der Waals surface area (Å²) >= 11 is 5.95. The molecule has 0 aromatic heterocycles. The summed E-state index contributed by atoms with van der Waals surface area (Å²) in [6.07, 6.45) is 0.0341. The van der Waals surface area contributed by atoms with Crippen LogP contribution in [0.25, 0.3) is 0 Å². The first-order valence-electron chi connectivity index (χ1n) is 6.33. The summed E-state index contributed by atoms with van der Waals surface area (Å²) in [6.45, 7) is 0.352. The maximum Gasteiger partial charge on any atom is 0.226 e. The molecule has 1 heterocycles. The number of hydrogen-bond acceptors (Lipinski definition) is 5. The van der Waals surface area contributed by atoms with E-state index in [0.29, 0.717) is 22.8 Å². The Balaban J connectivity index is 2.01. The van der Waals surface area contributed by atoms with Crippen LogP contribution in [0.4, 0.5) is 5.69 Å². The fourth-order valence-corrected chi connectivity index (χ4v) is 3.72. The van der Waals surface area contributed by atoms with Crippen LogP contribution < -0.4 is 10.6 Å². The quantitative estimate of drug-likeness (QED) is 0.860. The van der Waals surface area contributed by atoms with Gasteiger partial charge in [-0.2, -0.15) is 5.26 Å². The SMILES string of the molecule is N#Cc1ccc(Cl)c(NC(=O)CC2CS(=O)(=O)CCN2)c1. The van der Waals surface area contributed by atoms with Gasteiger partial charge in [-0.05, 0) is 18.2 Å². The van der Waals surface area contributed by atoms with Gasteiger partial charge < -0.3 is 10.6 Å². The molecule has 1 unspecified atom stereocenters. The summed E-state index contributed by atoms with van der Waals surface area (Å²) in [7, 11) is -3.08. The van der Waals surface area contributed by atoms with Gasteiger partial charge in [0.1, 0.15) is 0 Å². The first-order chi connectivity index (χ1) is 9.89. The van der Waals surface area contributed by atoms with Crippen LogP contribution in [0.5, 0.6) is 0 Å². The molecule has 0 aliphatic carbocycles. The zero-order chi connectivity index (χ0) is 15.5. The number of hydrogen-bond donors (Lipinski definition) is 2. The van der Waals surface area contributed by atoms with Crippen molar-refractivity contribution in [1.82, 2.24) is 5.32 Å². The summed E-state index contributed by atoms with van der Waals surface area (Å²) in [4.78, 5) is 12.0. The molecule has 2 N–H and O–H groups in total. The molecule has 21 heavy (non-hydrogen) atoms. The molecule has 1 atom stereocenters. The van der Waals surface area contributed by atoms with E-state index < -0.39 is 15.9 Å². The van der Waals surface area contributed by atoms with Gasteiger partial charge in [-0.3, -0.25) is 4.79 Å². The van der Waals surface area contributed by atoms with Crippen LogP contribution in [0.2, 0.25) is 5.02 Å². The molecule has 1 saturated heterocycles.